The number of nitrogens with two attached hydrogens (primary N) is 2. The largest absolute Gasteiger partial charge is 0.481 e. The summed E-state index contributed by atoms with van der Waals surface area (Å²) in [6.45, 7) is 0. The minimum absolute atomic E-state index is 0. The van der Waals surface area contributed by atoms with Crippen LogP contribution in [0.15, 0.2) is 73.1 Å². The molecule has 11 heteroatoms. The van der Waals surface area contributed by atoms with Crippen LogP contribution < -0.4 is 20.9 Å². The molecule has 0 saturated heterocycles. The Bertz CT molecular complexity index is 1540. The van der Waals surface area contributed by atoms with Crippen LogP contribution in [0.25, 0.3) is 33.3 Å². The normalized spacial score (nSPS) is 10.5. The highest BCUT2D eigenvalue weighted by atomic mass is 35.6. The van der Waals surface area contributed by atoms with E-state index in [4.69, 9.17) is 55.7 Å². The van der Waals surface area contributed by atoms with Crippen molar-refractivity contribution in [1.29, 1.82) is 0 Å². The lowest BCUT2D eigenvalue weighted by Crippen LogP contribution is -2.01. The number of imidazole rings is 1. The van der Waals surface area contributed by atoms with Gasteiger partial charge in [-0.25, -0.2) is 15.0 Å². The molecule has 39 heavy (non-hydrogen) atoms. The number of fused-ring (bicyclic) bond motifs is 1. The molecule has 206 valence electrons. The van der Waals surface area contributed by atoms with E-state index < -0.39 is 3.79 Å². The number of methoxy groups -OCH3 is 2. The number of nitrogens with one attached hydrogen (secondary N) is 1. The van der Waals surface area contributed by atoms with Crippen LogP contribution in [0.5, 0.6) is 11.8 Å². The Morgan fingerprint density at radius 3 is 1.79 bits per heavy atom. The highest BCUT2D eigenvalue weighted by Crippen LogP contribution is 2.38. The average molecular weight is 590 g/mol. The molecule has 0 aliphatic rings. The summed E-state index contributed by atoms with van der Waals surface area (Å²) in [7, 11) is 3.17. The summed E-state index contributed by atoms with van der Waals surface area (Å²) in [6, 6.07) is 18.7. The number of aromatic amines is 1. The molecule has 3 heterocycles. The maximum atomic E-state index is 5.84. The Labute approximate surface area is 243 Å². The Balaban J connectivity index is 0.000000269. The topological polar surface area (TPSA) is 125 Å². The third-order valence-electron chi connectivity index (χ3n) is 5.39. The lowest BCUT2D eigenvalue weighted by Gasteiger charge is -2.08. The number of hydrogen-bond donors (Lipinski definition) is 3. The van der Waals surface area contributed by atoms with Gasteiger partial charge in [-0.05, 0) is 59.7 Å². The highest BCUT2D eigenvalue weighted by molar-refractivity contribution is 6.66. The summed E-state index contributed by atoms with van der Waals surface area (Å²) < 4.78 is 8.88. The zero-order valence-corrected chi connectivity index (χ0v) is 22.1. The van der Waals surface area contributed by atoms with E-state index in [0.717, 1.165) is 33.3 Å². The van der Waals surface area contributed by atoms with E-state index >= 15 is 0 Å². The van der Waals surface area contributed by atoms with Gasteiger partial charge in [-0.3, -0.25) is 0 Å². The van der Waals surface area contributed by atoms with Crippen LogP contribution in [0.4, 0.5) is 11.4 Å². The molecule has 0 spiro atoms. The summed E-state index contributed by atoms with van der Waals surface area (Å²) in [5, 5.41) is 0. The van der Waals surface area contributed by atoms with Gasteiger partial charge in [0.05, 0.1) is 36.6 Å². The molecule has 5 aromatic rings. The molecule has 0 fully saturated rings. The SMILES string of the molecule is C.C.COc1ncccc1-c1ccc(N)c(N)c1.COc1ncccc1-c1ccc2nc(C(Cl)(Cl)Cl)[nH]c2c1. The Hall–Kier alpha value is -3.72. The third-order valence-corrected chi connectivity index (χ3v) is 5.93. The first-order chi connectivity index (χ1) is 17.7. The first-order valence-electron chi connectivity index (χ1n) is 10.9. The predicted octanol–water partition coefficient (Wildman–Crippen LogP) is 7.65. The molecule has 0 atom stereocenters. The standard InChI is InChI=1S/C14H10Cl3N3O.C12H13N3O.2CH4/c1-21-12-9(3-2-6-18-12)8-4-5-10-11(7-8)20-13(19-10)14(15,16)17;1-16-12-9(3-2-6-15-12)8-4-5-10(13)11(14)7-8;;/h2-7H,1H3,(H,19,20);2-7H,13-14H2,1H3;2*1H4. The molecule has 0 unspecified atom stereocenters. The summed E-state index contributed by atoms with van der Waals surface area (Å²) in [5.41, 5.74) is 17.7. The van der Waals surface area contributed by atoms with Crippen molar-refractivity contribution in [3.05, 3.63) is 78.9 Å². The summed E-state index contributed by atoms with van der Waals surface area (Å²) >= 11 is 17.5. The maximum Gasteiger partial charge on any atom is 0.248 e. The van der Waals surface area contributed by atoms with Crippen LogP contribution >= 0.6 is 34.8 Å². The van der Waals surface area contributed by atoms with E-state index in [2.05, 4.69) is 19.9 Å². The lowest BCUT2D eigenvalue weighted by atomic mass is 10.1. The fraction of sp³-hybridized carbons (Fsp3) is 0.179. The molecule has 0 bridgehead atoms. The van der Waals surface area contributed by atoms with Crippen molar-refractivity contribution in [1.82, 2.24) is 19.9 Å². The van der Waals surface area contributed by atoms with Crippen molar-refractivity contribution in [2.45, 2.75) is 18.6 Å². The number of ether oxygens (including phenoxy) is 2. The molecule has 5 N–H and O–H groups in total. The quantitative estimate of drug-likeness (QED) is 0.145. The van der Waals surface area contributed by atoms with E-state index in [9.17, 15) is 0 Å². The minimum atomic E-state index is -1.58. The van der Waals surface area contributed by atoms with Crippen LogP contribution in [0.2, 0.25) is 0 Å². The van der Waals surface area contributed by atoms with Gasteiger partial charge in [-0.1, -0.05) is 61.8 Å². The second kappa shape index (κ2) is 13.4. The van der Waals surface area contributed by atoms with Crippen molar-refractivity contribution in [2.75, 3.05) is 25.7 Å². The van der Waals surface area contributed by atoms with E-state index in [1.807, 2.05) is 54.6 Å². The Morgan fingerprint density at radius 2 is 1.28 bits per heavy atom. The molecule has 8 nitrogen and oxygen atoms in total. The van der Waals surface area contributed by atoms with Crippen molar-refractivity contribution in [3.8, 4) is 34.0 Å². The van der Waals surface area contributed by atoms with Gasteiger partial charge in [0.2, 0.25) is 15.6 Å². The second-order valence-corrected chi connectivity index (χ2v) is 10.1. The zero-order chi connectivity index (χ0) is 26.6. The third kappa shape index (κ3) is 7.23. The minimum Gasteiger partial charge on any atom is -0.481 e. The van der Waals surface area contributed by atoms with Crippen LogP contribution in [-0.2, 0) is 3.79 Å². The van der Waals surface area contributed by atoms with Gasteiger partial charge >= 0.3 is 0 Å². The van der Waals surface area contributed by atoms with Crippen molar-refractivity contribution in [3.63, 3.8) is 0 Å². The van der Waals surface area contributed by atoms with Crippen molar-refractivity contribution < 1.29 is 9.47 Å². The maximum absolute atomic E-state index is 5.84. The first-order valence-corrected chi connectivity index (χ1v) is 12.1. The van der Waals surface area contributed by atoms with Gasteiger partial charge in [-0.15, -0.1) is 0 Å². The Morgan fingerprint density at radius 1 is 0.744 bits per heavy atom. The number of halogens is 3. The summed E-state index contributed by atoms with van der Waals surface area (Å²) in [5.74, 6) is 1.42. The fourth-order valence-electron chi connectivity index (χ4n) is 3.60. The number of anilines is 2. The highest BCUT2D eigenvalue weighted by Gasteiger charge is 2.27. The van der Waals surface area contributed by atoms with Crippen molar-refractivity contribution in [2.24, 2.45) is 0 Å². The van der Waals surface area contributed by atoms with Crippen LogP contribution in [0, 0.1) is 0 Å². The van der Waals surface area contributed by atoms with E-state index in [1.165, 1.54) is 0 Å². The monoisotopic (exact) mass is 588 g/mol. The second-order valence-electron chi connectivity index (χ2n) is 7.78. The number of H-pyrrole nitrogens is 1. The number of hydrogen-bond acceptors (Lipinski definition) is 7. The molecular formula is C28H31Cl3N6O2. The smallest absolute Gasteiger partial charge is 0.248 e. The van der Waals surface area contributed by atoms with Gasteiger partial charge in [0.1, 0.15) is 0 Å². The number of aromatic nitrogens is 4. The summed E-state index contributed by atoms with van der Waals surface area (Å²) in [4.78, 5) is 15.6. The molecular weight excluding hydrogens is 559 g/mol. The van der Waals surface area contributed by atoms with E-state index in [-0.39, 0.29) is 20.7 Å². The first kappa shape index (κ1) is 31.5. The van der Waals surface area contributed by atoms with Gasteiger partial charge in [0.15, 0.2) is 5.82 Å². The van der Waals surface area contributed by atoms with Crippen LogP contribution in [-0.4, -0.2) is 34.2 Å². The molecule has 0 radical (unpaired) electrons. The number of nitrogens with zero attached hydrogens (tertiary/aromatic N) is 3. The van der Waals surface area contributed by atoms with Crippen LogP contribution in [0.3, 0.4) is 0 Å². The average Bonchev–Trinajstić information content (AvgIpc) is 3.35. The van der Waals surface area contributed by atoms with Gasteiger partial charge < -0.3 is 25.9 Å². The molecule has 0 aliphatic heterocycles. The fourth-order valence-corrected chi connectivity index (χ4v) is 3.87. The predicted molar refractivity (Wildman–Crippen MR) is 164 cm³/mol. The number of rotatable bonds is 4. The number of benzene rings is 2. The molecule has 0 amide bonds. The molecule has 2 aromatic carbocycles. The molecule has 0 aliphatic carbocycles. The van der Waals surface area contributed by atoms with Crippen molar-refractivity contribution >= 4 is 57.2 Å². The molecule has 5 rings (SSSR count). The Kier molecular flexibility index (Phi) is 10.8. The number of pyridine rings is 2. The molecule has 0 saturated carbocycles. The lowest BCUT2D eigenvalue weighted by molar-refractivity contribution is 0.399. The van der Waals surface area contributed by atoms with Crippen LogP contribution in [0.1, 0.15) is 20.7 Å². The van der Waals surface area contributed by atoms with Gasteiger partial charge in [0, 0.05) is 23.5 Å². The molecule has 3 aromatic heterocycles. The number of nitrogen functional groups attached to an aromatic ring is 2. The van der Waals surface area contributed by atoms with E-state index in [0.29, 0.717) is 23.1 Å². The van der Waals surface area contributed by atoms with Gasteiger partial charge in [0.25, 0.3) is 0 Å². The number of alkyl halides is 3. The zero-order valence-electron chi connectivity index (χ0n) is 19.9. The summed E-state index contributed by atoms with van der Waals surface area (Å²) in [6.07, 6.45) is 3.36. The van der Waals surface area contributed by atoms with Gasteiger partial charge in [-0.2, -0.15) is 0 Å². The van der Waals surface area contributed by atoms with E-state index in [1.54, 1.807) is 32.7 Å².